The lowest BCUT2D eigenvalue weighted by Gasteiger charge is -2.13. The van der Waals surface area contributed by atoms with Gasteiger partial charge in [0.1, 0.15) is 5.69 Å². The second kappa shape index (κ2) is 6.20. The minimum Gasteiger partial charge on any atom is -0.480 e. The van der Waals surface area contributed by atoms with Crippen LogP contribution in [0.1, 0.15) is 32.4 Å². The highest BCUT2D eigenvalue weighted by molar-refractivity contribution is 7.15. The van der Waals surface area contributed by atoms with E-state index in [9.17, 15) is 0 Å². The van der Waals surface area contributed by atoms with Gasteiger partial charge in [0.2, 0.25) is 5.88 Å². The molecule has 0 aromatic carbocycles. The summed E-state index contributed by atoms with van der Waals surface area (Å²) in [5.41, 5.74) is 1.11. The van der Waals surface area contributed by atoms with E-state index in [1.807, 2.05) is 11.6 Å². The van der Waals surface area contributed by atoms with Crippen molar-refractivity contribution in [2.24, 2.45) is 5.92 Å². The Kier molecular flexibility index (Phi) is 4.60. The monoisotopic (exact) mass is 267 g/mol. The van der Waals surface area contributed by atoms with E-state index in [-0.39, 0.29) is 0 Å². The van der Waals surface area contributed by atoms with Crippen molar-refractivity contribution in [1.29, 1.82) is 0 Å². The summed E-state index contributed by atoms with van der Waals surface area (Å²) in [5, 5.41) is 5.56. The van der Waals surface area contributed by atoms with Gasteiger partial charge < -0.3 is 10.1 Å². The number of hydrogen-bond donors (Lipinski definition) is 1. The zero-order chi connectivity index (χ0) is 13.0. The zero-order valence-electron chi connectivity index (χ0n) is 11.3. The number of ether oxygens (including phenoxy) is 1. The van der Waals surface area contributed by atoms with Crippen LogP contribution in [-0.4, -0.2) is 23.0 Å². The number of methoxy groups -OCH3 is 1. The quantitative estimate of drug-likeness (QED) is 0.838. The molecule has 4 nitrogen and oxygen atoms in total. The molecule has 2 aromatic rings. The number of nitrogens with zero attached hydrogens (tertiary/aromatic N) is 2. The summed E-state index contributed by atoms with van der Waals surface area (Å²) in [5.74, 6) is 1.49. The predicted octanol–water partition coefficient (Wildman–Crippen LogP) is 2.93. The Hall–Kier alpha value is -1.07. The van der Waals surface area contributed by atoms with Gasteiger partial charge in [0.15, 0.2) is 4.96 Å². The summed E-state index contributed by atoms with van der Waals surface area (Å²) in [6, 6.07) is 0. The summed E-state index contributed by atoms with van der Waals surface area (Å²) in [4.78, 5) is 5.44. The zero-order valence-corrected chi connectivity index (χ0v) is 12.1. The Morgan fingerprint density at radius 3 is 2.89 bits per heavy atom. The van der Waals surface area contributed by atoms with Crippen molar-refractivity contribution in [3.8, 4) is 5.88 Å². The fourth-order valence-corrected chi connectivity index (χ4v) is 2.83. The number of nitrogens with one attached hydrogen (secondary N) is 1. The average Bonchev–Trinajstić information content (AvgIpc) is 2.96. The number of fused-ring (bicyclic) bond motifs is 1. The fourth-order valence-electron chi connectivity index (χ4n) is 2.11. The van der Waals surface area contributed by atoms with Crippen LogP contribution in [0.4, 0.5) is 0 Å². The molecule has 0 atom stereocenters. The van der Waals surface area contributed by atoms with Gasteiger partial charge in [-0.15, -0.1) is 11.3 Å². The lowest BCUT2D eigenvalue weighted by atomic mass is 10.0. The van der Waals surface area contributed by atoms with Crippen molar-refractivity contribution in [1.82, 2.24) is 14.7 Å². The highest BCUT2D eigenvalue weighted by Gasteiger charge is 2.13. The molecular formula is C13H21N3OS. The number of aromatic nitrogens is 2. The standard InChI is InChI=1S/C13H21N3OS/c1-4-10(5-2)8-14-9-11-12(17-3)15-13-16(11)6-7-18-13/h6-7,10,14H,4-5,8-9H2,1-3H3. The average molecular weight is 267 g/mol. The van der Waals surface area contributed by atoms with E-state index in [1.54, 1.807) is 18.4 Å². The van der Waals surface area contributed by atoms with Crippen molar-refractivity contribution in [2.45, 2.75) is 33.2 Å². The van der Waals surface area contributed by atoms with Crippen molar-refractivity contribution in [2.75, 3.05) is 13.7 Å². The summed E-state index contributed by atoms with van der Waals surface area (Å²) < 4.78 is 7.43. The lowest BCUT2D eigenvalue weighted by Crippen LogP contribution is -2.22. The minimum absolute atomic E-state index is 0.735. The maximum Gasteiger partial charge on any atom is 0.237 e. The van der Waals surface area contributed by atoms with Gasteiger partial charge in [-0.3, -0.25) is 4.40 Å². The van der Waals surface area contributed by atoms with Crippen LogP contribution in [0.2, 0.25) is 0 Å². The molecule has 0 aliphatic rings. The van der Waals surface area contributed by atoms with Crippen LogP contribution in [0.15, 0.2) is 11.6 Å². The van der Waals surface area contributed by atoms with Gasteiger partial charge in [-0.2, -0.15) is 4.98 Å². The first-order valence-electron chi connectivity index (χ1n) is 6.49. The van der Waals surface area contributed by atoms with Crippen LogP contribution < -0.4 is 10.1 Å². The molecule has 0 saturated carbocycles. The van der Waals surface area contributed by atoms with Crippen molar-refractivity contribution in [3.63, 3.8) is 0 Å². The van der Waals surface area contributed by atoms with E-state index in [4.69, 9.17) is 4.74 Å². The van der Waals surface area contributed by atoms with E-state index in [1.165, 1.54) is 12.8 Å². The van der Waals surface area contributed by atoms with Gasteiger partial charge in [-0.1, -0.05) is 26.7 Å². The van der Waals surface area contributed by atoms with Gasteiger partial charge in [-0.05, 0) is 12.5 Å². The first-order chi connectivity index (χ1) is 8.80. The van der Waals surface area contributed by atoms with Crippen LogP contribution >= 0.6 is 11.3 Å². The molecule has 2 rings (SSSR count). The SMILES string of the molecule is CCC(CC)CNCc1c(OC)nc2sccn12. The third-order valence-corrected chi connectivity index (χ3v) is 4.15. The van der Waals surface area contributed by atoms with E-state index in [2.05, 4.69) is 28.5 Å². The van der Waals surface area contributed by atoms with Gasteiger partial charge in [0, 0.05) is 18.1 Å². The smallest absolute Gasteiger partial charge is 0.237 e. The van der Waals surface area contributed by atoms with Crippen molar-refractivity contribution >= 4 is 16.3 Å². The molecule has 0 aliphatic carbocycles. The van der Waals surface area contributed by atoms with E-state index in [0.29, 0.717) is 0 Å². The van der Waals surface area contributed by atoms with Crippen molar-refractivity contribution in [3.05, 3.63) is 17.3 Å². The Morgan fingerprint density at radius 2 is 2.22 bits per heavy atom. The molecule has 2 aromatic heterocycles. The van der Waals surface area contributed by atoms with E-state index < -0.39 is 0 Å². The topological polar surface area (TPSA) is 38.6 Å². The van der Waals surface area contributed by atoms with Gasteiger partial charge in [0.05, 0.1) is 7.11 Å². The van der Waals surface area contributed by atoms with Crippen LogP contribution in [0.25, 0.3) is 4.96 Å². The highest BCUT2D eigenvalue weighted by Crippen LogP contribution is 2.22. The first-order valence-corrected chi connectivity index (χ1v) is 7.37. The van der Waals surface area contributed by atoms with Crippen LogP contribution in [-0.2, 0) is 6.54 Å². The molecule has 0 spiro atoms. The van der Waals surface area contributed by atoms with Gasteiger partial charge in [-0.25, -0.2) is 0 Å². The molecule has 100 valence electrons. The van der Waals surface area contributed by atoms with Gasteiger partial charge >= 0.3 is 0 Å². The number of rotatable bonds is 7. The number of imidazole rings is 1. The molecule has 0 aliphatic heterocycles. The Labute approximate surface area is 112 Å². The molecule has 0 radical (unpaired) electrons. The van der Waals surface area contributed by atoms with Gasteiger partial charge in [0.25, 0.3) is 0 Å². The molecule has 0 unspecified atom stereocenters. The molecule has 18 heavy (non-hydrogen) atoms. The number of hydrogen-bond acceptors (Lipinski definition) is 4. The van der Waals surface area contributed by atoms with Crippen LogP contribution in [0.3, 0.4) is 0 Å². The summed E-state index contributed by atoms with van der Waals surface area (Å²) in [7, 11) is 1.68. The maximum absolute atomic E-state index is 5.33. The summed E-state index contributed by atoms with van der Waals surface area (Å²) >= 11 is 1.63. The Morgan fingerprint density at radius 1 is 1.44 bits per heavy atom. The van der Waals surface area contributed by atoms with E-state index in [0.717, 1.165) is 35.5 Å². The molecular weight excluding hydrogens is 246 g/mol. The van der Waals surface area contributed by atoms with Crippen LogP contribution in [0.5, 0.6) is 5.88 Å². The third-order valence-electron chi connectivity index (χ3n) is 3.40. The normalized spacial score (nSPS) is 11.6. The molecule has 0 saturated heterocycles. The van der Waals surface area contributed by atoms with Crippen molar-refractivity contribution < 1.29 is 4.74 Å². The second-order valence-electron chi connectivity index (χ2n) is 4.44. The Balaban J connectivity index is 2.03. The number of thiazole rings is 1. The maximum atomic E-state index is 5.33. The summed E-state index contributed by atoms with van der Waals surface area (Å²) in [6.45, 7) is 6.34. The first kappa shape index (κ1) is 13.4. The predicted molar refractivity (Wildman–Crippen MR) is 75.4 cm³/mol. The second-order valence-corrected chi connectivity index (χ2v) is 5.31. The molecule has 2 heterocycles. The third kappa shape index (κ3) is 2.67. The molecule has 5 heteroatoms. The Bertz CT molecular complexity index is 487. The largest absolute Gasteiger partial charge is 0.480 e. The lowest BCUT2D eigenvalue weighted by molar-refractivity contribution is 0.389. The van der Waals surface area contributed by atoms with Crippen LogP contribution in [0, 0.1) is 5.92 Å². The highest BCUT2D eigenvalue weighted by atomic mass is 32.1. The molecule has 0 amide bonds. The fraction of sp³-hybridized carbons (Fsp3) is 0.615. The van der Waals surface area contributed by atoms with E-state index >= 15 is 0 Å². The minimum atomic E-state index is 0.735. The summed E-state index contributed by atoms with van der Waals surface area (Å²) in [6.07, 6.45) is 4.49. The molecule has 0 bridgehead atoms. The molecule has 1 N–H and O–H groups in total. The molecule has 0 fully saturated rings.